The Morgan fingerprint density at radius 1 is 1.00 bits per heavy atom. The molecule has 1 aliphatic heterocycles. The maximum absolute atomic E-state index is 12.3. The molecule has 0 radical (unpaired) electrons. The van der Waals surface area contributed by atoms with Crippen molar-refractivity contribution < 1.29 is 16.8 Å². The molecule has 2 aliphatic rings. The van der Waals surface area contributed by atoms with Gasteiger partial charge in [-0.2, -0.15) is 0 Å². The molecule has 0 atom stereocenters. The van der Waals surface area contributed by atoms with Gasteiger partial charge in [0, 0.05) is 19.3 Å². The van der Waals surface area contributed by atoms with Gasteiger partial charge in [0.2, 0.25) is 10.0 Å². The van der Waals surface area contributed by atoms with Gasteiger partial charge in [-0.15, -0.1) is 0 Å². The van der Waals surface area contributed by atoms with Gasteiger partial charge < -0.3 is 0 Å². The number of hydrogen-bond acceptors (Lipinski definition) is 4. The van der Waals surface area contributed by atoms with Crippen LogP contribution in [0, 0.1) is 0 Å². The average molecular weight is 329 g/mol. The summed E-state index contributed by atoms with van der Waals surface area (Å²) in [6.45, 7) is 0.934. The molecule has 1 aliphatic carbocycles. The fraction of sp³-hybridized carbons (Fsp3) is 0.571. The zero-order valence-electron chi connectivity index (χ0n) is 11.9. The van der Waals surface area contributed by atoms with E-state index in [4.69, 9.17) is 0 Å². The van der Waals surface area contributed by atoms with Crippen LogP contribution in [0.2, 0.25) is 0 Å². The van der Waals surface area contributed by atoms with Gasteiger partial charge in [-0.25, -0.2) is 21.1 Å². The van der Waals surface area contributed by atoms with Crippen LogP contribution in [0.25, 0.3) is 0 Å². The molecule has 1 saturated carbocycles. The molecule has 3 rings (SSSR count). The topological polar surface area (TPSA) is 71.5 Å². The lowest BCUT2D eigenvalue weighted by Crippen LogP contribution is -2.35. The molecule has 0 aromatic heterocycles. The molecule has 21 heavy (non-hydrogen) atoms. The monoisotopic (exact) mass is 329 g/mol. The third-order valence-corrected chi connectivity index (χ3v) is 7.68. The summed E-state index contributed by atoms with van der Waals surface area (Å²) in [6.07, 6.45) is 3.94. The Balaban J connectivity index is 1.86. The van der Waals surface area contributed by atoms with E-state index in [9.17, 15) is 16.8 Å². The van der Waals surface area contributed by atoms with E-state index in [0.29, 0.717) is 30.8 Å². The Bertz CT molecular complexity index is 764. The van der Waals surface area contributed by atoms with Gasteiger partial charge in [0.1, 0.15) is 0 Å². The van der Waals surface area contributed by atoms with Crippen molar-refractivity contribution in [3.63, 3.8) is 0 Å². The highest BCUT2D eigenvalue weighted by molar-refractivity contribution is 7.90. The van der Waals surface area contributed by atoms with E-state index < -0.39 is 19.9 Å². The van der Waals surface area contributed by atoms with E-state index in [1.165, 1.54) is 6.26 Å². The minimum Gasteiger partial charge on any atom is -0.224 e. The van der Waals surface area contributed by atoms with Gasteiger partial charge in [0.05, 0.1) is 10.1 Å². The minimum absolute atomic E-state index is 0.190. The predicted molar refractivity (Wildman–Crippen MR) is 80.5 cm³/mol. The number of nitrogens with zero attached hydrogens (tertiary/aromatic N) is 1. The third-order valence-electron chi connectivity index (χ3n) is 4.17. The van der Waals surface area contributed by atoms with Crippen LogP contribution in [0.1, 0.15) is 24.0 Å². The first-order chi connectivity index (χ1) is 9.78. The van der Waals surface area contributed by atoms with E-state index in [0.717, 1.165) is 24.0 Å². The van der Waals surface area contributed by atoms with Gasteiger partial charge in [-0.05, 0) is 48.9 Å². The predicted octanol–water partition coefficient (Wildman–Crippen LogP) is 0.983. The van der Waals surface area contributed by atoms with Crippen molar-refractivity contribution in [2.24, 2.45) is 0 Å². The Hall–Kier alpha value is -0.920. The summed E-state index contributed by atoms with van der Waals surface area (Å²) in [5, 5.41) is -0.190. The van der Waals surface area contributed by atoms with Crippen molar-refractivity contribution in [2.75, 3.05) is 19.3 Å². The Morgan fingerprint density at radius 2 is 1.62 bits per heavy atom. The molecule has 1 heterocycles. The summed E-state index contributed by atoms with van der Waals surface area (Å²) in [5.41, 5.74) is 2.00. The van der Waals surface area contributed by atoms with Crippen LogP contribution >= 0.6 is 0 Å². The highest BCUT2D eigenvalue weighted by Gasteiger charge is 2.40. The van der Waals surface area contributed by atoms with E-state index >= 15 is 0 Å². The third kappa shape index (κ3) is 3.00. The maximum Gasteiger partial charge on any atom is 0.217 e. The van der Waals surface area contributed by atoms with Crippen molar-refractivity contribution in [2.45, 2.75) is 35.8 Å². The Labute approximate surface area is 125 Å². The summed E-state index contributed by atoms with van der Waals surface area (Å²) >= 11 is 0. The molecule has 1 aromatic rings. The minimum atomic E-state index is -3.23. The van der Waals surface area contributed by atoms with Crippen LogP contribution < -0.4 is 0 Å². The van der Waals surface area contributed by atoms with Crippen LogP contribution in [0.5, 0.6) is 0 Å². The first-order valence-electron chi connectivity index (χ1n) is 7.09. The Morgan fingerprint density at radius 3 is 2.19 bits per heavy atom. The van der Waals surface area contributed by atoms with Crippen LogP contribution in [-0.2, 0) is 32.7 Å². The van der Waals surface area contributed by atoms with E-state index in [1.54, 1.807) is 16.4 Å². The number of benzene rings is 1. The molecule has 7 heteroatoms. The first-order valence-corrected chi connectivity index (χ1v) is 10.5. The number of fused-ring (bicyclic) bond motifs is 1. The van der Waals surface area contributed by atoms with Gasteiger partial charge in [0.25, 0.3) is 0 Å². The average Bonchev–Trinajstić information content (AvgIpc) is 3.23. The van der Waals surface area contributed by atoms with Crippen molar-refractivity contribution in [1.82, 2.24) is 4.31 Å². The normalized spacial score (nSPS) is 20.8. The fourth-order valence-corrected chi connectivity index (χ4v) is 5.26. The second-order valence-electron chi connectivity index (χ2n) is 5.85. The smallest absolute Gasteiger partial charge is 0.217 e. The zero-order valence-corrected chi connectivity index (χ0v) is 13.6. The number of sulfonamides is 1. The SMILES string of the molecule is CS(=O)(=O)c1ccc2c(c1)CCN(S(=O)(=O)C1CC1)CC2. The van der Waals surface area contributed by atoms with Crippen molar-refractivity contribution >= 4 is 19.9 Å². The molecular weight excluding hydrogens is 310 g/mol. The molecule has 1 fully saturated rings. The van der Waals surface area contributed by atoms with E-state index in [1.807, 2.05) is 6.07 Å². The molecule has 116 valence electrons. The van der Waals surface area contributed by atoms with Gasteiger partial charge >= 0.3 is 0 Å². The first kappa shape index (κ1) is 15.0. The van der Waals surface area contributed by atoms with Gasteiger partial charge in [0.15, 0.2) is 9.84 Å². The summed E-state index contributed by atoms with van der Waals surface area (Å²) in [7, 11) is -6.38. The lowest BCUT2D eigenvalue weighted by atomic mass is 10.0. The molecule has 0 N–H and O–H groups in total. The molecule has 5 nitrogen and oxygen atoms in total. The van der Waals surface area contributed by atoms with Crippen LogP contribution in [0.15, 0.2) is 23.1 Å². The molecule has 0 amide bonds. The zero-order chi connectivity index (χ0) is 15.3. The standard InChI is InChI=1S/C14H19NO4S2/c1-20(16,17)14-3-2-11-6-8-15(9-7-12(11)10-14)21(18,19)13-4-5-13/h2-3,10,13H,4-9H2,1H3. The summed E-state index contributed by atoms with van der Waals surface area (Å²) in [5.74, 6) is 0. The summed E-state index contributed by atoms with van der Waals surface area (Å²) < 4.78 is 49.4. The van der Waals surface area contributed by atoms with Crippen molar-refractivity contribution in [1.29, 1.82) is 0 Å². The molecule has 0 unspecified atom stereocenters. The lowest BCUT2D eigenvalue weighted by molar-refractivity contribution is 0.425. The molecule has 0 bridgehead atoms. The summed E-state index contributed by atoms with van der Waals surface area (Å²) in [6, 6.07) is 5.12. The largest absolute Gasteiger partial charge is 0.224 e. The lowest BCUT2D eigenvalue weighted by Gasteiger charge is -2.19. The number of sulfone groups is 1. The Kier molecular flexibility index (Phi) is 3.62. The second-order valence-corrected chi connectivity index (χ2v) is 10.1. The summed E-state index contributed by atoms with van der Waals surface area (Å²) in [4.78, 5) is 0.305. The fourth-order valence-electron chi connectivity index (χ4n) is 2.74. The number of rotatable bonds is 3. The molecular formula is C14H19NO4S2. The second kappa shape index (κ2) is 5.07. The highest BCUT2D eigenvalue weighted by atomic mass is 32.2. The van der Waals surface area contributed by atoms with Gasteiger partial charge in [-0.1, -0.05) is 6.07 Å². The van der Waals surface area contributed by atoms with Crippen molar-refractivity contribution in [3.05, 3.63) is 29.3 Å². The van der Waals surface area contributed by atoms with E-state index in [-0.39, 0.29) is 5.25 Å². The number of hydrogen-bond donors (Lipinski definition) is 0. The molecule has 0 spiro atoms. The van der Waals surface area contributed by atoms with Crippen LogP contribution in [0.4, 0.5) is 0 Å². The maximum atomic E-state index is 12.3. The van der Waals surface area contributed by atoms with Crippen LogP contribution in [0.3, 0.4) is 0 Å². The quantitative estimate of drug-likeness (QED) is 0.829. The highest BCUT2D eigenvalue weighted by Crippen LogP contribution is 2.32. The molecule has 1 aromatic carbocycles. The van der Waals surface area contributed by atoms with Crippen molar-refractivity contribution in [3.8, 4) is 0 Å². The van der Waals surface area contributed by atoms with Gasteiger partial charge in [-0.3, -0.25) is 0 Å². The van der Waals surface area contributed by atoms with Crippen LogP contribution in [-0.4, -0.2) is 45.7 Å². The van der Waals surface area contributed by atoms with E-state index in [2.05, 4.69) is 0 Å². The molecule has 0 saturated heterocycles.